The number of methoxy groups -OCH3 is 1. The zero-order valence-corrected chi connectivity index (χ0v) is 15.0. The van der Waals surface area contributed by atoms with Crippen LogP contribution in [0.25, 0.3) is 0 Å². The highest BCUT2D eigenvalue weighted by Gasteiger charge is 2.33. The first kappa shape index (κ1) is 16.4. The van der Waals surface area contributed by atoms with E-state index in [0.29, 0.717) is 17.7 Å². The Morgan fingerprint density at radius 3 is 2.72 bits per heavy atom. The Balaban J connectivity index is 1.36. The lowest BCUT2D eigenvalue weighted by atomic mass is 10.0. The number of carbonyl (C=O) groups excluding carboxylic acids is 1. The molecule has 1 aromatic carbocycles. The Morgan fingerprint density at radius 2 is 2.08 bits per heavy atom. The molecule has 0 spiro atoms. The van der Waals surface area contributed by atoms with E-state index in [1.807, 2.05) is 24.3 Å². The molecular weight excluding hydrogens is 336 g/mol. The number of amides is 1. The molecular formula is C18H22N4O2S. The van der Waals surface area contributed by atoms with Crippen molar-refractivity contribution in [3.8, 4) is 5.75 Å². The van der Waals surface area contributed by atoms with Gasteiger partial charge in [-0.25, -0.2) is 0 Å². The second kappa shape index (κ2) is 7.07. The maximum Gasteiger partial charge on any atom is 0.230 e. The Bertz CT molecular complexity index is 738. The van der Waals surface area contributed by atoms with E-state index in [-0.39, 0.29) is 11.9 Å². The summed E-state index contributed by atoms with van der Waals surface area (Å²) in [4.78, 5) is 12.5. The normalized spacial score (nSPS) is 18.0. The van der Waals surface area contributed by atoms with Crippen LogP contribution in [0.3, 0.4) is 0 Å². The molecule has 0 bridgehead atoms. The van der Waals surface area contributed by atoms with Gasteiger partial charge in [-0.3, -0.25) is 4.79 Å². The smallest absolute Gasteiger partial charge is 0.230 e. The van der Waals surface area contributed by atoms with Crippen LogP contribution in [0.2, 0.25) is 0 Å². The number of aromatic nitrogens is 3. The van der Waals surface area contributed by atoms with E-state index in [9.17, 15) is 4.79 Å². The van der Waals surface area contributed by atoms with Crippen LogP contribution in [0.5, 0.6) is 5.75 Å². The summed E-state index contributed by atoms with van der Waals surface area (Å²) in [5.74, 6) is 1.78. The molecule has 2 fully saturated rings. The Kier molecular flexibility index (Phi) is 4.65. The van der Waals surface area contributed by atoms with Crippen molar-refractivity contribution >= 4 is 17.7 Å². The first-order valence-electron chi connectivity index (χ1n) is 8.70. The van der Waals surface area contributed by atoms with Crippen LogP contribution in [0.1, 0.15) is 43.3 Å². The molecule has 1 heterocycles. The maximum absolute atomic E-state index is 12.5. The van der Waals surface area contributed by atoms with Crippen LogP contribution in [0, 0.1) is 5.92 Å². The molecule has 1 N–H and O–H groups in total. The number of rotatable bonds is 8. The van der Waals surface area contributed by atoms with Crippen molar-refractivity contribution < 1.29 is 9.53 Å². The Hall–Kier alpha value is -2.02. The summed E-state index contributed by atoms with van der Waals surface area (Å²) in [5.41, 5.74) is 1.14. The predicted octanol–water partition coefficient (Wildman–Crippen LogP) is 2.98. The van der Waals surface area contributed by atoms with E-state index >= 15 is 0 Å². The first-order valence-corrected chi connectivity index (χ1v) is 9.69. The number of thioether (sulfide) groups is 1. The number of nitrogens with one attached hydrogen (secondary N) is 1. The van der Waals surface area contributed by atoms with Gasteiger partial charge in [0.15, 0.2) is 5.16 Å². The third-order valence-corrected chi connectivity index (χ3v) is 5.65. The number of hydrogen-bond acceptors (Lipinski definition) is 5. The molecule has 25 heavy (non-hydrogen) atoms. The third-order valence-electron chi connectivity index (χ3n) is 4.70. The maximum atomic E-state index is 12.5. The van der Waals surface area contributed by atoms with Gasteiger partial charge in [0.2, 0.25) is 5.91 Å². The molecule has 2 aromatic rings. The van der Waals surface area contributed by atoms with Crippen LogP contribution in [0.4, 0.5) is 0 Å². The van der Waals surface area contributed by atoms with Gasteiger partial charge in [0.25, 0.3) is 0 Å². The fourth-order valence-electron chi connectivity index (χ4n) is 3.00. The van der Waals surface area contributed by atoms with Gasteiger partial charge in [-0.1, -0.05) is 23.9 Å². The second-order valence-corrected chi connectivity index (χ2v) is 7.64. The average Bonchev–Trinajstić information content (AvgIpc) is 3.57. The van der Waals surface area contributed by atoms with Crippen LogP contribution in [0.15, 0.2) is 35.7 Å². The molecule has 6 nitrogen and oxygen atoms in total. The highest BCUT2D eigenvalue weighted by atomic mass is 32.2. The van der Waals surface area contributed by atoms with Crippen molar-refractivity contribution in [2.75, 3.05) is 12.9 Å². The minimum atomic E-state index is 0.0445. The lowest BCUT2D eigenvalue weighted by Crippen LogP contribution is -2.31. The molecule has 2 saturated carbocycles. The SMILES string of the molecule is COc1ccc(C(NC(=O)CSc2nncn2C2CC2)C2CC2)cc1. The molecule has 0 radical (unpaired) electrons. The minimum absolute atomic E-state index is 0.0445. The zero-order chi connectivity index (χ0) is 17.2. The summed E-state index contributed by atoms with van der Waals surface area (Å²) in [6.07, 6.45) is 6.46. The molecule has 1 amide bonds. The van der Waals surface area contributed by atoms with Crippen LogP contribution >= 0.6 is 11.8 Å². The summed E-state index contributed by atoms with van der Waals surface area (Å²) in [5, 5.41) is 12.1. The van der Waals surface area contributed by atoms with Gasteiger partial charge in [-0.15, -0.1) is 10.2 Å². The van der Waals surface area contributed by atoms with Crippen LogP contribution in [-0.2, 0) is 4.79 Å². The second-order valence-electron chi connectivity index (χ2n) is 6.70. The van der Waals surface area contributed by atoms with Crippen molar-refractivity contribution in [1.29, 1.82) is 0 Å². The molecule has 1 atom stereocenters. The van der Waals surface area contributed by atoms with E-state index < -0.39 is 0 Å². The summed E-state index contributed by atoms with van der Waals surface area (Å²) < 4.78 is 7.30. The molecule has 7 heteroatoms. The molecule has 0 aliphatic heterocycles. The number of ether oxygens (including phenoxy) is 1. The molecule has 132 valence electrons. The van der Waals surface area contributed by atoms with Gasteiger partial charge in [0.1, 0.15) is 12.1 Å². The molecule has 4 rings (SSSR count). The van der Waals surface area contributed by atoms with E-state index in [2.05, 4.69) is 20.1 Å². The number of benzene rings is 1. The van der Waals surface area contributed by atoms with E-state index in [1.54, 1.807) is 13.4 Å². The third kappa shape index (κ3) is 3.98. The summed E-state index contributed by atoms with van der Waals surface area (Å²) in [6, 6.07) is 8.59. The predicted molar refractivity (Wildman–Crippen MR) is 95.6 cm³/mol. The van der Waals surface area contributed by atoms with E-state index in [0.717, 1.165) is 16.5 Å². The fourth-order valence-corrected chi connectivity index (χ4v) is 3.79. The lowest BCUT2D eigenvalue weighted by Gasteiger charge is -2.19. The van der Waals surface area contributed by atoms with E-state index in [4.69, 9.17) is 4.74 Å². The van der Waals surface area contributed by atoms with Crippen molar-refractivity contribution in [2.24, 2.45) is 5.92 Å². The molecule has 1 aromatic heterocycles. The molecule has 2 aliphatic rings. The lowest BCUT2D eigenvalue weighted by molar-refractivity contribution is -0.119. The van der Waals surface area contributed by atoms with Crippen molar-refractivity contribution in [3.05, 3.63) is 36.2 Å². The fraction of sp³-hybridized carbons (Fsp3) is 0.500. The largest absolute Gasteiger partial charge is 0.497 e. The molecule has 0 saturated heterocycles. The first-order chi connectivity index (χ1) is 12.2. The minimum Gasteiger partial charge on any atom is -0.497 e. The monoisotopic (exact) mass is 358 g/mol. The summed E-state index contributed by atoms with van der Waals surface area (Å²) in [7, 11) is 1.66. The highest BCUT2D eigenvalue weighted by molar-refractivity contribution is 7.99. The van der Waals surface area contributed by atoms with Crippen molar-refractivity contribution in [1.82, 2.24) is 20.1 Å². The van der Waals surface area contributed by atoms with Crippen molar-refractivity contribution in [3.63, 3.8) is 0 Å². The molecule has 2 aliphatic carbocycles. The van der Waals surface area contributed by atoms with Gasteiger partial charge < -0.3 is 14.6 Å². The van der Waals surface area contributed by atoms with Crippen molar-refractivity contribution in [2.45, 2.75) is 42.9 Å². The van der Waals surface area contributed by atoms with E-state index in [1.165, 1.54) is 37.4 Å². The van der Waals surface area contributed by atoms with Gasteiger partial charge in [-0.05, 0) is 49.3 Å². The zero-order valence-electron chi connectivity index (χ0n) is 14.2. The standard InChI is InChI=1S/C18H22N4O2S/c1-24-15-8-4-13(5-9-15)17(12-2-3-12)20-16(23)10-25-18-21-19-11-22(18)14-6-7-14/h4-5,8-9,11-12,14,17H,2-3,6-7,10H2,1H3,(H,20,23). The quantitative estimate of drug-likeness (QED) is 0.735. The highest BCUT2D eigenvalue weighted by Crippen LogP contribution is 2.41. The Morgan fingerprint density at radius 1 is 1.32 bits per heavy atom. The Labute approximate surface area is 151 Å². The van der Waals surface area contributed by atoms with Crippen LogP contribution < -0.4 is 10.1 Å². The average molecular weight is 358 g/mol. The van der Waals surface area contributed by atoms with Gasteiger partial charge in [0.05, 0.1) is 18.9 Å². The molecule has 1 unspecified atom stereocenters. The number of hydrogen-bond donors (Lipinski definition) is 1. The van der Waals surface area contributed by atoms with Crippen LogP contribution in [-0.4, -0.2) is 33.5 Å². The summed E-state index contributed by atoms with van der Waals surface area (Å²) >= 11 is 1.46. The number of carbonyl (C=O) groups is 1. The van der Waals surface area contributed by atoms with Gasteiger partial charge >= 0.3 is 0 Å². The summed E-state index contributed by atoms with van der Waals surface area (Å²) in [6.45, 7) is 0. The van der Waals surface area contributed by atoms with Gasteiger partial charge in [0, 0.05) is 6.04 Å². The topological polar surface area (TPSA) is 69.0 Å². The number of nitrogens with zero attached hydrogens (tertiary/aromatic N) is 3. The van der Waals surface area contributed by atoms with Gasteiger partial charge in [-0.2, -0.15) is 0 Å².